The molecule has 150 valence electrons. The first-order chi connectivity index (χ1) is 13.8. The van der Waals surface area contributed by atoms with Gasteiger partial charge in [0.1, 0.15) is 5.57 Å². The monoisotopic (exact) mass is 414 g/mol. The molecule has 1 fully saturated rings. The molecule has 2 aromatic rings. The number of carbonyl (C=O) groups is 3. The number of nitrogens with one attached hydrogen (secondary N) is 1. The van der Waals surface area contributed by atoms with E-state index in [1.54, 1.807) is 43.3 Å². The number of aryl methyl sites for hydroxylation is 1. The largest absolute Gasteiger partial charge is 0.490 e. The number of halogens is 1. The lowest BCUT2D eigenvalue weighted by atomic mass is 10.1. The van der Waals surface area contributed by atoms with Crippen LogP contribution in [0.25, 0.3) is 6.08 Å². The van der Waals surface area contributed by atoms with Gasteiger partial charge in [0.2, 0.25) is 0 Å². The van der Waals surface area contributed by atoms with Crippen LogP contribution in [0.5, 0.6) is 11.5 Å². The zero-order chi connectivity index (χ0) is 21.1. The fraction of sp³-hybridized carbons (Fsp3) is 0.190. The number of anilines is 1. The van der Waals surface area contributed by atoms with Gasteiger partial charge in [0.05, 0.1) is 12.3 Å². The van der Waals surface area contributed by atoms with Crippen LogP contribution in [0.1, 0.15) is 25.0 Å². The smallest absolute Gasteiger partial charge is 0.308 e. The molecule has 0 aliphatic carbocycles. The van der Waals surface area contributed by atoms with E-state index in [-0.39, 0.29) is 11.3 Å². The lowest BCUT2D eigenvalue weighted by Crippen LogP contribution is -2.35. The number of hydrazine groups is 1. The number of ether oxygens (including phenoxy) is 2. The van der Waals surface area contributed by atoms with Gasteiger partial charge in [0.15, 0.2) is 11.5 Å². The maximum absolute atomic E-state index is 12.8. The second-order valence-electron chi connectivity index (χ2n) is 6.31. The molecule has 0 saturated carbocycles. The number of hydrogen-bond acceptors (Lipinski definition) is 5. The van der Waals surface area contributed by atoms with Crippen molar-refractivity contribution < 1.29 is 23.9 Å². The molecular formula is C21H19ClN2O5. The van der Waals surface area contributed by atoms with Gasteiger partial charge in [-0.2, -0.15) is 0 Å². The summed E-state index contributed by atoms with van der Waals surface area (Å²) in [6, 6.07) is 9.84. The SMILES string of the molecule is CCOc1cc(/C=C2\C(=O)NN(c3ccc(C)c(Cl)c3)C2=O)ccc1OC(C)=O. The molecule has 8 heteroatoms. The number of amides is 2. The van der Waals surface area contributed by atoms with Crippen LogP contribution in [0.2, 0.25) is 5.02 Å². The zero-order valence-electron chi connectivity index (χ0n) is 16.1. The van der Waals surface area contributed by atoms with E-state index in [1.165, 1.54) is 13.0 Å². The lowest BCUT2D eigenvalue weighted by Gasteiger charge is -2.15. The molecule has 0 radical (unpaired) electrons. The molecule has 1 saturated heterocycles. The molecule has 0 aromatic heterocycles. The van der Waals surface area contributed by atoms with Gasteiger partial charge in [-0.1, -0.05) is 23.7 Å². The second kappa shape index (κ2) is 8.36. The number of nitrogens with zero attached hydrogens (tertiary/aromatic N) is 1. The lowest BCUT2D eigenvalue weighted by molar-refractivity contribution is -0.132. The van der Waals surface area contributed by atoms with E-state index in [9.17, 15) is 14.4 Å². The predicted octanol–water partition coefficient (Wildman–Crippen LogP) is 3.43. The van der Waals surface area contributed by atoms with Gasteiger partial charge in [0.25, 0.3) is 11.8 Å². The van der Waals surface area contributed by atoms with Crippen LogP contribution in [-0.4, -0.2) is 24.4 Å². The van der Waals surface area contributed by atoms with Gasteiger partial charge < -0.3 is 9.47 Å². The van der Waals surface area contributed by atoms with Crippen molar-refractivity contribution >= 4 is 41.1 Å². The first kappa shape index (κ1) is 20.4. The Hall–Kier alpha value is -3.32. The summed E-state index contributed by atoms with van der Waals surface area (Å²) in [6.07, 6.45) is 1.45. The Morgan fingerprint density at radius 1 is 1.17 bits per heavy atom. The maximum atomic E-state index is 12.8. The van der Waals surface area contributed by atoms with Gasteiger partial charge >= 0.3 is 5.97 Å². The maximum Gasteiger partial charge on any atom is 0.308 e. The molecule has 2 amide bonds. The predicted molar refractivity (Wildman–Crippen MR) is 109 cm³/mol. The van der Waals surface area contributed by atoms with Crippen LogP contribution in [-0.2, 0) is 14.4 Å². The minimum Gasteiger partial charge on any atom is -0.490 e. The Morgan fingerprint density at radius 3 is 2.59 bits per heavy atom. The molecule has 2 aromatic carbocycles. The van der Waals surface area contributed by atoms with Crippen molar-refractivity contribution in [2.24, 2.45) is 0 Å². The fourth-order valence-corrected chi connectivity index (χ4v) is 2.92. The Kier molecular flexibility index (Phi) is 5.89. The molecule has 0 spiro atoms. The molecule has 0 unspecified atom stereocenters. The molecule has 7 nitrogen and oxygen atoms in total. The third-order valence-electron chi connectivity index (χ3n) is 4.14. The van der Waals surface area contributed by atoms with E-state index in [1.807, 2.05) is 6.92 Å². The van der Waals surface area contributed by atoms with Crippen molar-refractivity contribution in [3.8, 4) is 11.5 Å². The third kappa shape index (κ3) is 4.41. The van der Waals surface area contributed by atoms with Gasteiger partial charge in [0, 0.05) is 11.9 Å². The summed E-state index contributed by atoms with van der Waals surface area (Å²) in [5, 5.41) is 1.64. The van der Waals surface area contributed by atoms with E-state index in [4.69, 9.17) is 21.1 Å². The van der Waals surface area contributed by atoms with Crippen LogP contribution >= 0.6 is 11.6 Å². The van der Waals surface area contributed by atoms with Crippen molar-refractivity contribution in [3.63, 3.8) is 0 Å². The summed E-state index contributed by atoms with van der Waals surface area (Å²) >= 11 is 6.13. The topological polar surface area (TPSA) is 84.9 Å². The van der Waals surface area contributed by atoms with Crippen molar-refractivity contribution in [3.05, 3.63) is 58.1 Å². The Balaban J connectivity index is 1.92. The summed E-state index contributed by atoms with van der Waals surface area (Å²) in [7, 11) is 0. The number of hydrogen-bond donors (Lipinski definition) is 1. The van der Waals surface area contributed by atoms with Crippen LogP contribution < -0.4 is 19.9 Å². The summed E-state index contributed by atoms with van der Waals surface area (Å²) in [5.74, 6) is -0.912. The van der Waals surface area contributed by atoms with Gasteiger partial charge in [-0.15, -0.1) is 0 Å². The highest BCUT2D eigenvalue weighted by Crippen LogP contribution is 2.31. The summed E-state index contributed by atoms with van der Waals surface area (Å²) in [6.45, 7) is 5.28. The van der Waals surface area contributed by atoms with Crippen LogP contribution in [0.3, 0.4) is 0 Å². The highest BCUT2D eigenvalue weighted by molar-refractivity contribution is 6.33. The normalized spacial score (nSPS) is 14.9. The number of carbonyl (C=O) groups excluding carboxylic acids is 3. The van der Waals surface area contributed by atoms with Crippen LogP contribution in [0, 0.1) is 6.92 Å². The van der Waals surface area contributed by atoms with Crippen LogP contribution in [0.4, 0.5) is 5.69 Å². The second-order valence-corrected chi connectivity index (χ2v) is 6.71. The summed E-state index contributed by atoms with van der Waals surface area (Å²) in [4.78, 5) is 36.4. The van der Waals surface area contributed by atoms with E-state index in [0.29, 0.717) is 28.6 Å². The average molecular weight is 415 g/mol. The molecular weight excluding hydrogens is 396 g/mol. The molecule has 1 heterocycles. The number of esters is 1. The zero-order valence-corrected chi connectivity index (χ0v) is 16.9. The molecule has 1 aliphatic heterocycles. The Labute approximate surface area is 172 Å². The highest BCUT2D eigenvalue weighted by atomic mass is 35.5. The minimum atomic E-state index is -0.534. The van der Waals surface area contributed by atoms with Crippen molar-refractivity contribution in [2.75, 3.05) is 11.6 Å². The fourth-order valence-electron chi connectivity index (χ4n) is 2.75. The average Bonchev–Trinajstić information content (AvgIpc) is 2.94. The van der Waals surface area contributed by atoms with Gasteiger partial charge in [-0.25, -0.2) is 5.01 Å². The van der Waals surface area contributed by atoms with Gasteiger partial charge in [-0.05, 0) is 55.3 Å². The minimum absolute atomic E-state index is 0.0376. The van der Waals surface area contributed by atoms with Crippen molar-refractivity contribution in [1.82, 2.24) is 5.43 Å². The molecule has 1 aliphatic rings. The molecule has 0 atom stereocenters. The number of rotatable bonds is 5. The summed E-state index contributed by atoms with van der Waals surface area (Å²) < 4.78 is 10.6. The molecule has 0 bridgehead atoms. The van der Waals surface area contributed by atoms with E-state index in [2.05, 4.69) is 5.43 Å². The molecule has 3 rings (SSSR count). The third-order valence-corrected chi connectivity index (χ3v) is 4.54. The quantitative estimate of drug-likeness (QED) is 0.350. The Bertz CT molecular complexity index is 1030. The van der Waals surface area contributed by atoms with Crippen LogP contribution in [0.15, 0.2) is 42.0 Å². The van der Waals surface area contributed by atoms with E-state index in [0.717, 1.165) is 10.6 Å². The molecule has 1 N–H and O–H groups in total. The summed E-state index contributed by atoms with van der Waals surface area (Å²) in [5.41, 5.74) is 4.36. The standard InChI is InChI=1S/C21H19ClN2O5/c1-4-28-19-10-14(6-8-18(19)29-13(3)25)9-16-20(26)23-24(21(16)27)15-7-5-12(2)17(22)11-15/h5-11H,4H2,1-3H3,(H,23,26)/b16-9+. The highest BCUT2D eigenvalue weighted by Gasteiger charge is 2.34. The van der Waals surface area contributed by atoms with Gasteiger partial charge in [-0.3, -0.25) is 19.8 Å². The molecule has 29 heavy (non-hydrogen) atoms. The first-order valence-corrected chi connectivity index (χ1v) is 9.26. The number of benzene rings is 2. The Morgan fingerprint density at radius 2 is 1.93 bits per heavy atom. The van der Waals surface area contributed by atoms with Crippen molar-refractivity contribution in [1.29, 1.82) is 0 Å². The van der Waals surface area contributed by atoms with E-state index < -0.39 is 17.8 Å². The first-order valence-electron chi connectivity index (χ1n) is 8.88. The van der Waals surface area contributed by atoms with E-state index >= 15 is 0 Å². The van der Waals surface area contributed by atoms with Crippen molar-refractivity contribution in [2.45, 2.75) is 20.8 Å².